The number of benzene rings is 2. The van der Waals surface area contributed by atoms with Crippen molar-refractivity contribution in [1.29, 1.82) is 0 Å². The summed E-state index contributed by atoms with van der Waals surface area (Å²) in [5.41, 5.74) is 0.878. The van der Waals surface area contributed by atoms with E-state index in [1.807, 2.05) is 30.3 Å². The third-order valence-corrected chi connectivity index (χ3v) is 3.04. The molecule has 0 fully saturated rings. The van der Waals surface area contributed by atoms with E-state index in [-0.39, 0.29) is 25.4 Å². The molecule has 0 N–H and O–H groups in total. The quantitative estimate of drug-likeness (QED) is 0.554. The van der Waals surface area contributed by atoms with Crippen molar-refractivity contribution < 1.29 is 23.8 Å². The van der Waals surface area contributed by atoms with Gasteiger partial charge < -0.3 is 14.2 Å². The van der Waals surface area contributed by atoms with Crippen molar-refractivity contribution >= 4 is 11.8 Å². The highest BCUT2D eigenvalue weighted by Crippen LogP contribution is 2.16. The summed E-state index contributed by atoms with van der Waals surface area (Å²) in [5, 5.41) is 0. The Morgan fingerprint density at radius 3 is 2.22 bits per heavy atom. The fourth-order valence-corrected chi connectivity index (χ4v) is 1.84. The van der Waals surface area contributed by atoms with E-state index in [9.17, 15) is 9.59 Å². The smallest absolute Gasteiger partial charge is 0.313 e. The molecule has 0 spiro atoms. The molecular formula is C18H18O5. The number of hydrogen-bond acceptors (Lipinski definition) is 5. The van der Waals surface area contributed by atoms with Crippen LogP contribution in [0.1, 0.15) is 12.0 Å². The van der Waals surface area contributed by atoms with Gasteiger partial charge in [-0.1, -0.05) is 30.3 Å². The number of hydrogen-bond donors (Lipinski definition) is 0. The highest BCUT2D eigenvalue weighted by atomic mass is 16.5. The van der Waals surface area contributed by atoms with E-state index in [4.69, 9.17) is 14.2 Å². The van der Waals surface area contributed by atoms with Crippen LogP contribution in [-0.4, -0.2) is 25.5 Å². The van der Waals surface area contributed by atoms with Crippen LogP contribution in [0.5, 0.6) is 11.5 Å². The maximum absolute atomic E-state index is 11.7. The zero-order valence-corrected chi connectivity index (χ0v) is 12.9. The number of ether oxygens (including phenoxy) is 3. The fourth-order valence-electron chi connectivity index (χ4n) is 1.84. The van der Waals surface area contributed by atoms with Gasteiger partial charge in [0.2, 0.25) is 0 Å². The summed E-state index contributed by atoms with van der Waals surface area (Å²) in [6, 6.07) is 16.1. The molecule has 0 aliphatic carbocycles. The van der Waals surface area contributed by atoms with Crippen LogP contribution in [0.3, 0.4) is 0 Å². The molecule has 0 aliphatic rings. The molecule has 0 heterocycles. The van der Waals surface area contributed by atoms with Crippen molar-refractivity contribution in [2.75, 3.05) is 13.7 Å². The van der Waals surface area contributed by atoms with Crippen molar-refractivity contribution in [3.05, 3.63) is 60.2 Å². The molecule has 2 aromatic rings. The number of ketones is 1. The maximum atomic E-state index is 11.7. The minimum atomic E-state index is -0.558. The molecule has 120 valence electrons. The lowest BCUT2D eigenvalue weighted by molar-refractivity contribution is -0.147. The molecule has 5 nitrogen and oxygen atoms in total. The summed E-state index contributed by atoms with van der Waals surface area (Å²) in [4.78, 5) is 23.3. The second-order valence-electron chi connectivity index (χ2n) is 4.83. The third kappa shape index (κ3) is 5.82. The van der Waals surface area contributed by atoms with E-state index in [0.717, 1.165) is 5.56 Å². The Bertz CT molecular complexity index is 634. The molecule has 0 aromatic heterocycles. The predicted molar refractivity (Wildman–Crippen MR) is 84.4 cm³/mol. The van der Waals surface area contributed by atoms with Crippen LogP contribution in [0, 0.1) is 0 Å². The molecule has 0 saturated heterocycles. The minimum absolute atomic E-state index is 0.159. The monoisotopic (exact) mass is 314 g/mol. The number of carbonyl (C=O) groups is 2. The molecule has 2 aromatic carbocycles. The molecule has 0 atom stereocenters. The van der Waals surface area contributed by atoms with Gasteiger partial charge in [0.25, 0.3) is 0 Å². The van der Waals surface area contributed by atoms with E-state index in [2.05, 4.69) is 0 Å². The summed E-state index contributed by atoms with van der Waals surface area (Å²) in [6.07, 6.45) is -0.303. The van der Waals surface area contributed by atoms with Gasteiger partial charge in [0.15, 0.2) is 5.78 Å². The largest absolute Gasteiger partial charge is 0.497 e. The van der Waals surface area contributed by atoms with Crippen LogP contribution in [0.2, 0.25) is 0 Å². The molecule has 2 rings (SSSR count). The highest BCUT2D eigenvalue weighted by Gasteiger charge is 2.12. The normalized spacial score (nSPS) is 9.96. The summed E-state index contributed by atoms with van der Waals surface area (Å²) in [6.45, 7) is -0.0148. The number of carbonyl (C=O) groups excluding carboxylic acids is 2. The van der Waals surface area contributed by atoms with Crippen molar-refractivity contribution in [2.24, 2.45) is 0 Å². The Kier molecular flexibility index (Phi) is 6.17. The number of Topliss-reactive ketones (excluding diaryl/α,β-unsaturated/α-hetero) is 1. The van der Waals surface area contributed by atoms with Crippen molar-refractivity contribution in [3.8, 4) is 11.5 Å². The Morgan fingerprint density at radius 1 is 0.913 bits per heavy atom. The predicted octanol–water partition coefficient (Wildman–Crippen LogP) is 2.78. The van der Waals surface area contributed by atoms with Crippen LogP contribution in [0.25, 0.3) is 0 Å². The van der Waals surface area contributed by atoms with Gasteiger partial charge in [-0.05, 0) is 29.8 Å². The molecular weight excluding hydrogens is 296 g/mol. The van der Waals surface area contributed by atoms with E-state index >= 15 is 0 Å². The van der Waals surface area contributed by atoms with Crippen molar-refractivity contribution in [3.63, 3.8) is 0 Å². The Hall–Kier alpha value is -2.82. The Balaban J connectivity index is 1.70. The molecule has 0 unspecified atom stereocenters. The Morgan fingerprint density at radius 2 is 1.57 bits per heavy atom. The SMILES string of the molecule is COc1ccc(OCC(=O)CC(=O)OCc2ccccc2)cc1. The molecule has 0 radical (unpaired) electrons. The second-order valence-corrected chi connectivity index (χ2v) is 4.83. The molecule has 0 bridgehead atoms. The molecule has 5 heteroatoms. The molecule has 0 saturated carbocycles. The third-order valence-electron chi connectivity index (χ3n) is 3.04. The van der Waals surface area contributed by atoms with Gasteiger partial charge in [-0.3, -0.25) is 9.59 Å². The molecule has 23 heavy (non-hydrogen) atoms. The maximum Gasteiger partial charge on any atom is 0.313 e. The van der Waals surface area contributed by atoms with E-state index < -0.39 is 5.97 Å². The van der Waals surface area contributed by atoms with Gasteiger partial charge >= 0.3 is 5.97 Å². The minimum Gasteiger partial charge on any atom is -0.497 e. The lowest BCUT2D eigenvalue weighted by Crippen LogP contribution is -2.17. The van der Waals surface area contributed by atoms with Crippen LogP contribution >= 0.6 is 0 Å². The molecule has 0 amide bonds. The molecule has 0 aliphatic heterocycles. The second kappa shape index (κ2) is 8.58. The lowest BCUT2D eigenvalue weighted by Gasteiger charge is -2.07. The van der Waals surface area contributed by atoms with Gasteiger partial charge in [0.1, 0.15) is 31.1 Å². The van der Waals surface area contributed by atoms with Gasteiger partial charge in [0, 0.05) is 0 Å². The summed E-state index contributed by atoms with van der Waals surface area (Å²) < 4.78 is 15.4. The average molecular weight is 314 g/mol. The standard InChI is InChI=1S/C18H18O5/c1-21-16-7-9-17(10-8-16)22-13-15(19)11-18(20)23-12-14-5-3-2-4-6-14/h2-10H,11-13H2,1H3. The zero-order valence-electron chi connectivity index (χ0n) is 12.9. The first-order chi connectivity index (χ1) is 11.2. The summed E-state index contributed by atoms with van der Waals surface area (Å²) in [5.74, 6) is 0.348. The first kappa shape index (κ1) is 16.5. The van der Waals surface area contributed by atoms with Crippen LogP contribution in [-0.2, 0) is 20.9 Å². The van der Waals surface area contributed by atoms with Gasteiger partial charge in [0.05, 0.1) is 7.11 Å². The number of esters is 1. The summed E-state index contributed by atoms with van der Waals surface area (Å²) in [7, 11) is 1.57. The van der Waals surface area contributed by atoms with Crippen LogP contribution in [0.4, 0.5) is 0 Å². The zero-order chi connectivity index (χ0) is 16.5. The Labute approximate surface area is 134 Å². The van der Waals surface area contributed by atoms with E-state index in [1.165, 1.54) is 0 Å². The topological polar surface area (TPSA) is 61.8 Å². The van der Waals surface area contributed by atoms with E-state index in [0.29, 0.717) is 11.5 Å². The lowest BCUT2D eigenvalue weighted by atomic mass is 10.2. The highest BCUT2D eigenvalue weighted by molar-refractivity contribution is 5.96. The van der Waals surface area contributed by atoms with Gasteiger partial charge in [-0.2, -0.15) is 0 Å². The van der Waals surface area contributed by atoms with Crippen molar-refractivity contribution in [1.82, 2.24) is 0 Å². The average Bonchev–Trinajstić information content (AvgIpc) is 2.59. The first-order valence-electron chi connectivity index (χ1n) is 7.15. The fraction of sp³-hybridized carbons (Fsp3) is 0.222. The van der Waals surface area contributed by atoms with Gasteiger partial charge in [-0.15, -0.1) is 0 Å². The van der Waals surface area contributed by atoms with Gasteiger partial charge in [-0.25, -0.2) is 0 Å². The van der Waals surface area contributed by atoms with Crippen LogP contribution in [0.15, 0.2) is 54.6 Å². The number of methoxy groups -OCH3 is 1. The van der Waals surface area contributed by atoms with Crippen molar-refractivity contribution in [2.45, 2.75) is 13.0 Å². The first-order valence-corrected chi connectivity index (χ1v) is 7.15. The summed E-state index contributed by atoms with van der Waals surface area (Å²) >= 11 is 0. The van der Waals surface area contributed by atoms with E-state index in [1.54, 1.807) is 31.4 Å². The number of rotatable bonds is 8. The van der Waals surface area contributed by atoms with Crippen LogP contribution < -0.4 is 9.47 Å².